The van der Waals surface area contributed by atoms with Crippen molar-refractivity contribution in [1.82, 2.24) is 19.9 Å². The number of rotatable bonds is 4. The monoisotopic (exact) mass is 338 g/mol. The molecular weight excluding hydrogens is 319 g/mol. The van der Waals surface area contributed by atoms with Crippen molar-refractivity contribution >= 4 is 0 Å². The van der Waals surface area contributed by atoms with Gasteiger partial charge in [-0.3, -0.25) is 9.88 Å². The smallest absolute Gasteiger partial charge is 0.126 e. The van der Waals surface area contributed by atoms with Crippen molar-refractivity contribution < 1.29 is 9.13 Å². The fraction of sp³-hybridized carbons (Fsp3) is 0.263. The highest BCUT2D eigenvalue weighted by molar-refractivity contribution is 5.57. The topological polar surface area (TPSA) is 54.0 Å². The summed E-state index contributed by atoms with van der Waals surface area (Å²) < 4.78 is 18.8. The first-order valence-corrected chi connectivity index (χ1v) is 8.31. The number of ether oxygens (including phenoxy) is 1. The molecule has 1 aliphatic rings. The quantitative estimate of drug-likeness (QED) is 0.794. The van der Waals surface area contributed by atoms with E-state index in [2.05, 4.69) is 19.9 Å². The molecule has 3 aromatic rings. The van der Waals surface area contributed by atoms with Gasteiger partial charge in [0.05, 0.1) is 31.1 Å². The molecule has 1 N–H and O–H groups in total. The van der Waals surface area contributed by atoms with Crippen molar-refractivity contribution in [2.75, 3.05) is 19.8 Å². The van der Waals surface area contributed by atoms with E-state index < -0.39 is 0 Å². The fourth-order valence-electron chi connectivity index (χ4n) is 3.09. The summed E-state index contributed by atoms with van der Waals surface area (Å²) in [6.07, 6.45) is 5.37. The Kier molecular flexibility index (Phi) is 4.54. The Balaban J connectivity index is 1.55. The molecule has 1 unspecified atom stereocenters. The summed E-state index contributed by atoms with van der Waals surface area (Å²) in [5, 5.41) is 0. The molecule has 1 aromatic carbocycles. The first-order valence-electron chi connectivity index (χ1n) is 8.31. The zero-order valence-electron chi connectivity index (χ0n) is 13.7. The SMILES string of the molecule is Fc1ccc(CN2CCOCC2c2ncc(-c3ccncc3)[nH]2)cc1. The van der Waals surface area contributed by atoms with Gasteiger partial charge in [0.25, 0.3) is 0 Å². The molecule has 1 saturated heterocycles. The van der Waals surface area contributed by atoms with Crippen LogP contribution in [0.25, 0.3) is 11.3 Å². The third-order valence-electron chi connectivity index (χ3n) is 4.44. The maximum atomic E-state index is 13.1. The Hall–Kier alpha value is -2.57. The van der Waals surface area contributed by atoms with E-state index in [-0.39, 0.29) is 11.9 Å². The lowest BCUT2D eigenvalue weighted by atomic mass is 10.1. The predicted octanol–water partition coefficient (Wildman–Crippen LogP) is 3.18. The fourth-order valence-corrected chi connectivity index (χ4v) is 3.09. The predicted molar refractivity (Wildman–Crippen MR) is 92.2 cm³/mol. The molecule has 0 amide bonds. The largest absolute Gasteiger partial charge is 0.378 e. The van der Waals surface area contributed by atoms with Crippen LogP contribution in [0.15, 0.2) is 55.0 Å². The third-order valence-corrected chi connectivity index (χ3v) is 4.44. The van der Waals surface area contributed by atoms with Crippen molar-refractivity contribution in [1.29, 1.82) is 0 Å². The molecule has 0 spiro atoms. The highest BCUT2D eigenvalue weighted by atomic mass is 19.1. The van der Waals surface area contributed by atoms with Gasteiger partial charge in [0, 0.05) is 31.0 Å². The Morgan fingerprint density at radius 1 is 1.16 bits per heavy atom. The minimum atomic E-state index is -0.213. The summed E-state index contributed by atoms with van der Waals surface area (Å²) >= 11 is 0. The summed E-state index contributed by atoms with van der Waals surface area (Å²) in [5.74, 6) is 0.670. The third kappa shape index (κ3) is 3.60. The lowest BCUT2D eigenvalue weighted by Crippen LogP contribution is -2.39. The molecule has 3 heterocycles. The number of pyridine rings is 1. The van der Waals surface area contributed by atoms with Gasteiger partial charge >= 0.3 is 0 Å². The van der Waals surface area contributed by atoms with Crippen molar-refractivity contribution in [2.45, 2.75) is 12.6 Å². The zero-order valence-corrected chi connectivity index (χ0v) is 13.7. The second-order valence-corrected chi connectivity index (χ2v) is 6.11. The Morgan fingerprint density at radius 3 is 2.76 bits per heavy atom. The molecule has 0 aliphatic carbocycles. The van der Waals surface area contributed by atoms with Crippen LogP contribution in [-0.4, -0.2) is 39.6 Å². The van der Waals surface area contributed by atoms with Gasteiger partial charge in [-0.15, -0.1) is 0 Å². The van der Waals surface area contributed by atoms with Gasteiger partial charge in [0.1, 0.15) is 11.6 Å². The number of aromatic amines is 1. The molecule has 25 heavy (non-hydrogen) atoms. The molecule has 128 valence electrons. The van der Waals surface area contributed by atoms with E-state index in [0.29, 0.717) is 13.2 Å². The second-order valence-electron chi connectivity index (χ2n) is 6.11. The minimum Gasteiger partial charge on any atom is -0.378 e. The molecule has 0 radical (unpaired) electrons. The molecule has 1 aliphatic heterocycles. The summed E-state index contributed by atoms with van der Waals surface area (Å²) in [6, 6.07) is 10.6. The molecule has 1 atom stereocenters. The molecule has 1 fully saturated rings. The molecular formula is C19H19FN4O. The van der Waals surface area contributed by atoms with E-state index in [9.17, 15) is 4.39 Å². The number of morpholine rings is 1. The summed E-state index contributed by atoms with van der Waals surface area (Å²) in [7, 11) is 0. The van der Waals surface area contributed by atoms with Crippen LogP contribution in [0.4, 0.5) is 4.39 Å². The van der Waals surface area contributed by atoms with Crippen LogP contribution in [0, 0.1) is 5.82 Å². The summed E-state index contributed by atoms with van der Waals surface area (Å²) in [5.41, 5.74) is 3.09. The van der Waals surface area contributed by atoms with Gasteiger partial charge < -0.3 is 9.72 Å². The van der Waals surface area contributed by atoms with E-state index in [0.717, 1.165) is 35.7 Å². The van der Waals surface area contributed by atoms with Crippen molar-refractivity contribution in [3.63, 3.8) is 0 Å². The zero-order chi connectivity index (χ0) is 17.1. The van der Waals surface area contributed by atoms with E-state index >= 15 is 0 Å². The standard InChI is InChI=1S/C19H19FN4O/c20-16-3-1-14(2-4-16)12-24-9-10-25-13-18(24)19-22-11-17(23-19)15-5-7-21-8-6-15/h1-8,11,18H,9-10,12-13H2,(H,22,23). The van der Waals surface area contributed by atoms with Crippen LogP contribution in [0.1, 0.15) is 17.4 Å². The van der Waals surface area contributed by atoms with Crippen molar-refractivity contribution in [2.24, 2.45) is 0 Å². The molecule has 0 bridgehead atoms. The van der Waals surface area contributed by atoms with Crippen LogP contribution in [0.5, 0.6) is 0 Å². The maximum Gasteiger partial charge on any atom is 0.126 e. The number of benzene rings is 1. The number of halogens is 1. The van der Waals surface area contributed by atoms with Crippen LogP contribution in [-0.2, 0) is 11.3 Å². The number of hydrogen-bond donors (Lipinski definition) is 1. The Labute approximate surface area is 145 Å². The van der Waals surface area contributed by atoms with Crippen molar-refractivity contribution in [3.05, 3.63) is 72.2 Å². The van der Waals surface area contributed by atoms with Crippen LogP contribution >= 0.6 is 0 Å². The minimum absolute atomic E-state index is 0.0504. The van der Waals surface area contributed by atoms with Gasteiger partial charge in [0.2, 0.25) is 0 Å². The van der Waals surface area contributed by atoms with E-state index in [1.54, 1.807) is 12.4 Å². The number of nitrogens with one attached hydrogen (secondary N) is 1. The Morgan fingerprint density at radius 2 is 1.96 bits per heavy atom. The summed E-state index contributed by atoms with van der Waals surface area (Å²) in [6.45, 7) is 2.83. The summed E-state index contributed by atoms with van der Waals surface area (Å²) in [4.78, 5) is 14.3. The molecule has 4 rings (SSSR count). The first-order chi connectivity index (χ1) is 12.3. The average Bonchev–Trinajstić information content (AvgIpc) is 3.15. The molecule has 6 heteroatoms. The molecule has 0 saturated carbocycles. The van der Waals surface area contributed by atoms with Gasteiger partial charge in [0.15, 0.2) is 0 Å². The lowest BCUT2D eigenvalue weighted by Gasteiger charge is -2.34. The highest BCUT2D eigenvalue weighted by Gasteiger charge is 2.27. The van der Waals surface area contributed by atoms with Gasteiger partial charge in [-0.1, -0.05) is 12.1 Å². The van der Waals surface area contributed by atoms with E-state index in [1.807, 2.05) is 30.5 Å². The van der Waals surface area contributed by atoms with E-state index in [1.165, 1.54) is 12.1 Å². The van der Waals surface area contributed by atoms with Crippen molar-refractivity contribution in [3.8, 4) is 11.3 Å². The first kappa shape index (κ1) is 15.9. The van der Waals surface area contributed by atoms with Crippen LogP contribution in [0.3, 0.4) is 0 Å². The number of imidazole rings is 1. The Bertz CT molecular complexity index is 819. The molecule has 2 aromatic heterocycles. The van der Waals surface area contributed by atoms with Gasteiger partial charge in [-0.25, -0.2) is 9.37 Å². The number of hydrogen-bond acceptors (Lipinski definition) is 4. The number of aromatic nitrogens is 3. The lowest BCUT2D eigenvalue weighted by molar-refractivity contribution is -0.0156. The van der Waals surface area contributed by atoms with E-state index in [4.69, 9.17) is 4.74 Å². The van der Waals surface area contributed by atoms with Crippen LogP contribution < -0.4 is 0 Å². The maximum absolute atomic E-state index is 13.1. The second kappa shape index (κ2) is 7.13. The molecule has 5 nitrogen and oxygen atoms in total. The number of H-pyrrole nitrogens is 1. The highest BCUT2D eigenvalue weighted by Crippen LogP contribution is 2.26. The average molecular weight is 338 g/mol. The van der Waals surface area contributed by atoms with Gasteiger partial charge in [-0.05, 0) is 29.8 Å². The normalized spacial score (nSPS) is 18.4. The number of nitrogens with zero attached hydrogens (tertiary/aromatic N) is 3. The van der Waals surface area contributed by atoms with Crippen LogP contribution in [0.2, 0.25) is 0 Å². The van der Waals surface area contributed by atoms with Gasteiger partial charge in [-0.2, -0.15) is 0 Å².